The Morgan fingerprint density at radius 3 is 2.56 bits per heavy atom. The summed E-state index contributed by atoms with van der Waals surface area (Å²) in [5.74, 6) is 1.60. The van der Waals surface area contributed by atoms with Crippen molar-refractivity contribution in [3.63, 3.8) is 0 Å². The summed E-state index contributed by atoms with van der Waals surface area (Å²) in [5, 5.41) is 0.720. The fourth-order valence-corrected chi connectivity index (χ4v) is 2.78. The third-order valence-electron chi connectivity index (χ3n) is 3.69. The van der Waals surface area contributed by atoms with Crippen LogP contribution in [0.3, 0.4) is 0 Å². The molecule has 2 nitrogen and oxygen atoms in total. The van der Waals surface area contributed by atoms with Gasteiger partial charge in [-0.15, -0.1) is 0 Å². The van der Waals surface area contributed by atoms with Crippen LogP contribution in [0.2, 0.25) is 5.02 Å². The van der Waals surface area contributed by atoms with E-state index < -0.39 is 0 Å². The Morgan fingerprint density at radius 2 is 1.89 bits per heavy atom. The summed E-state index contributed by atoms with van der Waals surface area (Å²) in [5.41, 5.74) is 6.71. The summed E-state index contributed by atoms with van der Waals surface area (Å²) >= 11 is 5.95. The molecule has 0 amide bonds. The first-order valence-electron chi connectivity index (χ1n) is 6.91. The second kappa shape index (κ2) is 7.01. The first kappa shape index (κ1) is 13.7. The van der Waals surface area contributed by atoms with Crippen molar-refractivity contribution in [2.75, 3.05) is 6.61 Å². The largest absolute Gasteiger partial charge is 0.493 e. The maximum absolute atomic E-state index is 5.95. The Balaban J connectivity index is 1.92. The van der Waals surface area contributed by atoms with Crippen molar-refractivity contribution >= 4 is 11.6 Å². The summed E-state index contributed by atoms with van der Waals surface area (Å²) in [6.45, 7) is 1.29. The van der Waals surface area contributed by atoms with Gasteiger partial charge in [0.2, 0.25) is 0 Å². The Morgan fingerprint density at radius 1 is 1.17 bits per heavy atom. The highest BCUT2D eigenvalue weighted by Crippen LogP contribution is 2.26. The zero-order valence-electron chi connectivity index (χ0n) is 10.8. The average molecular weight is 268 g/mol. The molecule has 18 heavy (non-hydrogen) atoms. The lowest BCUT2D eigenvalue weighted by atomic mass is 10.0. The fourth-order valence-electron chi connectivity index (χ4n) is 2.59. The first-order chi connectivity index (χ1) is 8.79. The van der Waals surface area contributed by atoms with Gasteiger partial charge in [-0.1, -0.05) is 37.3 Å². The lowest BCUT2D eigenvalue weighted by Gasteiger charge is -2.17. The Labute approximate surface area is 114 Å². The molecule has 0 saturated heterocycles. The molecule has 3 heteroatoms. The van der Waals surface area contributed by atoms with Crippen molar-refractivity contribution < 1.29 is 4.74 Å². The highest BCUT2D eigenvalue weighted by Gasteiger charge is 2.13. The number of hydrogen-bond donors (Lipinski definition) is 1. The lowest BCUT2D eigenvalue weighted by Crippen LogP contribution is -2.12. The smallest absolute Gasteiger partial charge is 0.123 e. The van der Waals surface area contributed by atoms with Gasteiger partial charge in [-0.2, -0.15) is 0 Å². The third kappa shape index (κ3) is 3.89. The van der Waals surface area contributed by atoms with Crippen LogP contribution in [0.15, 0.2) is 18.2 Å². The van der Waals surface area contributed by atoms with Gasteiger partial charge in [-0.25, -0.2) is 0 Å². The molecule has 0 radical (unpaired) electrons. The van der Waals surface area contributed by atoms with Gasteiger partial charge in [-0.05, 0) is 37.0 Å². The molecule has 100 valence electrons. The summed E-state index contributed by atoms with van der Waals surface area (Å²) < 4.78 is 5.94. The van der Waals surface area contributed by atoms with E-state index in [-0.39, 0.29) is 0 Å². The monoisotopic (exact) mass is 267 g/mol. The van der Waals surface area contributed by atoms with Crippen LogP contribution in [-0.2, 0) is 6.54 Å². The van der Waals surface area contributed by atoms with Gasteiger partial charge in [0.1, 0.15) is 5.75 Å². The van der Waals surface area contributed by atoms with Crippen LogP contribution in [0.1, 0.15) is 44.1 Å². The van der Waals surface area contributed by atoms with E-state index in [2.05, 4.69) is 0 Å². The lowest BCUT2D eigenvalue weighted by molar-refractivity contribution is 0.232. The minimum Gasteiger partial charge on any atom is -0.493 e. The minimum absolute atomic E-state index is 0.473. The maximum atomic E-state index is 5.95. The van der Waals surface area contributed by atoms with E-state index in [0.717, 1.165) is 22.9 Å². The summed E-state index contributed by atoms with van der Waals surface area (Å²) in [6.07, 6.45) is 8.05. The molecular formula is C15H22ClNO. The quantitative estimate of drug-likeness (QED) is 0.832. The van der Waals surface area contributed by atoms with Gasteiger partial charge < -0.3 is 10.5 Å². The molecule has 1 fully saturated rings. The summed E-state index contributed by atoms with van der Waals surface area (Å²) in [7, 11) is 0. The fraction of sp³-hybridized carbons (Fsp3) is 0.600. The molecule has 0 aromatic heterocycles. The number of hydrogen-bond acceptors (Lipinski definition) is 2. The van der Waals surface area contributed by atoms with E-state index >= 15 is 0 Å². The van der Waals surface area contributed by atoms with Crippen LogP contribution >= 0.6 is 11.6 Å². The molecule has 1 aromatic carbocycles. The van der Waals surface area contributed by atoms with Crippen LogP contribution in [0, 0.1) is 5.92 Å². The molecule has 1 saturated carbocycles. The predicted molar refractivity (Wildman–Crippen MR) is 76.0 cm³/mol. The minimum atomic E-state index is 0.473. The molecule has 2 rings (SSSR count). The Kier molecular flexibility index (Phi) is 5.33. The number of benzene rings is 1. The molecular weight excluding hydrogens is 246 g/mol. The number of nitrogens with two attached hydrogens (primary N) is 1. The molecule has 0 bridgehead atoms. The molecule has 0 heterocycles. The van der Waals surface area contributed by atoms with E-state index in [1.54, 1.807) is 0 Å². The van der Waals surface area contributed by atoms with Gasteiger partial charge in [0.05, 0.1) is 6.61 Å². The van der Waals surface area contributed by atoms with Gasteiger partial charge in [0.25, 0.3) is 0 Å². The van der Waals surface area contributed by atoms with Crippen molar-refractivity contribution in [2.45, 2.75) is 45.1 Å². The number of ether oxygens (including phenoxy) is 1. The SMILES string of the molecule is NCc1cc(Cl)ccc1OCC1CCCCCC1. The Bertz CT molecular complexity index is 373. The van der Waals surface area contributed by atoms with Crippen LogP contribution in [0.25, 0.3) is 0 Å². The van der Waals surface area contributed by atoms with Crippen molar-refractivity contribution in [1.82, 2.24) is 0 Å². The molecule has 0 spiro atoms. The first-order valence-corrected chi connectivity index (χ1v) is 7.28. The van der Waals surface area contributed by atoms with Crippen LogP contribution in [0.4, 0.5) is 0 Å². The van der Waals surface area contributed by atoms with Crippen molar-refractivity contribution in [2.24, 2.45) is 11.7 Å². The van der Waals surface area contributed by atoms with E-state index in [0.29, 0.717) is 12.5 Å². The molecule has 0 atom stereocenters. The topological polar surface area (TPSA) is 35.2 Å². The molecule has 1 aliphatic rings. The second-order valence-corrected chi connectivity index (χ2v) is 5.56. The van der Waals surface area contributed by atoms with Crippen molar-refractivity contribution in [3.8, 4) is 5.75 Å². The molecule has 2 N–H and O–H groups in total. The van der Waals surface area contributed by atoms with Gasteiger partial charge in [0.15, 0.2) is 0 Å². The summed E-state index contributed by atoms with van der Waals surface area (Å²) in [4.78, 5) is 0. The summed E-state index contributed by atoms with van der Waals surface area (Å²) in [6, 6.07) is 5.69. The van der Waals surface area contributed by atoms with E-state index in [1.807, 2.05) is 18.2 Å². The van der Waals surface area contributed by atoms with E-state index in [9.17, 15) is 0 Å². The zero-order valence-corrected chi connectivity index (χ0v) is 11.6. The van der Waals surface area contributed by atoms with Crippen molar-refractivity contribution in [1.29, 1.82) is 0 Å². The highest BCUT2D eigenvalue weighted by atomic mass is 35.5. The van der Waals surface area contributed by atoms with Gasteiger partial charge >= 0.3 is 0 Å². The third-order valence-corrected chi connectivity index (χ3v) is 3.93. The molecule has 1 aromatic rings. The standard InChI is InChI=1S/C15H22ClNO/c16-14-7-8-15(13(9-14)10-17)18-11-12-5-3-1-2-4-6-12/h7-9,12H,1-6,10-11,17H2. The maximum Gasteiger partial charge on any atom is 0.123 e. The van der Waals surface area contributed by atoms with Crippen LogP contribution in [-0.4, -0.2) is 6.61 Å². The van der Waals surface area contributed by atoms with Gasteiger partial charge in [0, 0.05) is 17.1 Å². The van der Waals surface area contributed by atoms with E-state index in [4.69, 9.17) is 22.1 Å². The normalized spacial score (nSPS) is 17.4. The second-order valence-electron chi connectivity index (χ2n) is 5.12. The Hall–Kier alpha value is -0.730. The van der Waals surface area contributed by atoms with Gasteiger partial charge in [-0.3, -0.25) is 0 Å². The average Bonchev–Trinajstić information content (AvgIpc) is 2.65. The molecule has 0 unspecified atom stereocenters. The predicted octanol–water partition coefficient (Wildman–Crippen LogP) is 4.15. The van der Waals surface area contributed by atoms with Crippen LogP contribution in [0.5, 0.6) is 5.75 Å². The zero-order chi connectivity index (χ0) is 12.8. The van der Waals surface area contributed by atoms with E-state index in [1.165, 1.54) is 38.5 Å². The molecule has 1 aliphatic carbocycles. The highest BCUT2D eigenvalue weighted by molar-refractivity contribution is 6.30. The van der Waals surface area contributed by atoms with Crippen molar-refractivity contribution in [3.05, 3.63) is 28.8 Å². The number of rotatable bonds is 4. The molecule has 0 aliphatic heterocycles. The number of halogens is 1. The van der Waals surface area contributed by atoms with Crippen LogP contribution < -0.4 is 10.5 Å².